The third kappa shape index (κ3) is 4.17. The highest BCUT2D eigenvalue weighted by Gasteiger charge is 2.39. The Morgan fingerprint density at radius 2 is 1.53 bits per heavy atom. The molecule has 0 aliphatic carbocycles. The number of carbonyl (C=O) groups excluding carboxylic acids is 1. The normalized spacial score (nSPS) is 11.5. The third-order valence-electron chi connectivity index (χ3n) is 3.12. The molecule has 0 N–H and O–H groups in total. The van der Waals surface area contributed by atoms with Gasteiger partial charge in [-0.15, -0.1) is 0 Å². The van der Waals surface area contributed by atoms with Crippen LogP contribution in [-0.4, -0.2) is 29.4 Å². The van der Waals surface area contributed by atoms with E-state index in [4.69, 9.17) is 4.74 Å². The first-order valence-electron chi connectivity index (χ1n) is 5.61. The average molecular weight is 230 g/mol. The summed E-state index contributed by atoms with van der Waals surface area (Å²) in [7, 11) is 0. The van der Waals surface area contributed by atoms with Crippen LogP contribution in [0.1, 0.15) is 54.4 Å². The topological polar surface area (TPSA) is 26.3 Å². The van der Waals surface area contributed by atoms with Gasteiger partial charge in [-0.2, -0.15) is 0 Å². The first-order chi connectivity index (χ1) is 6.40. The Kier molecular flexibility index (Phi) is 8.47. The van der Waals surface area contributed by atoms with Crippen LogP contribution >= 0.6 is 0 Å². The molecular formula is C12H27AlO2. The molecule has 90 valence electrons. The fourth-order valence-corrected chi connectivity index (χ4v) is 1.92. The van der Waals surface area contributed by atoms with E-state index >= 15 is 0 Å². The second-order valence-electron chi connectivity index (χ2n) is 4.47. The fraction of sp³-hybridized carbons (Fsp3) is 0.917. The molecule has 0 atom stereocenters. The molecule has 0 fully saturated rings. The Labute approximate surface area is 105 Å². The number of hydrogen-bond acceptors (Lipinski definition) is 2. The Morgan fingerprint density at radius 3 is 1.73 bits per heavy atom. The van der Waals surface area contributed by atoms with Crippen molar-refractivity contribution < 1.29 is 9.53 Å². The Hall–Kier alpha value is 0.00247. The zero-order valence-corrected chi connectivity index (χ0v) is 10.4. The summed E-state index contributed by atoms with van der Waals surface area (Å²) < 4.78 is 5.32. The third-order valence-corrected chi connectivity index (χ3v) is 3.12. The lowest BCUT2D eigenvalue weighted by Gasteiger charge is -2.33. The molecule has 2 nitrogen and oxygen atoms in total. The summed E-state index contributed by atoms with van der Waals surface area (Å²) in [5.74, 6) is 0.302. The Morgan fingerprint density at radius 1 is 1.13 bits per heavy atom. The number of carbonyl (C=O) groups is 1. The van der Waals surface area contributed by atoms with Gasteiger partial charge in [-0.25, -0.2) is 0 Å². The zero-order valence-electron chi connectivity index (χ0n) is 10.4. The van der Waals surface area contributed by atoms with Crippen LogP contribution in [0.25, 0.3) is 0 Å². The summed E-state index contributed by atoms with van der Waals surface area (Å²) in [6.45, 7) is 12.1. The van der Waals surface area contributed by atoms with Crippen molar-refractivity contribution >= 4 is 23.3 Å². The monoisotopic (exact) mass is 230 g/mol. The predicted octanol–water partition coefficient (Wildman–Crippen LogP) is 2.22. The lowest BCUT2D eigenvalue weighted by Crippen LogP contribution is -2.38. The van der Waals surface area contributed by atoms with Crippen LogP contribution < -0.4 is 0 Å². The predicted molar refractivity (Wildman–Crippen MR) is 69.0 cm³/mol. The van der Waals surface area contributed by atoms with Crippen molar-refractivity contribution in [3.05, 3.63) is 0 Å². The molecule has 0 aromatic rings. The van der Waals surface area contributed by atoms with Crippen LogP contribution in [0, 0.1) is 11.3 Å². The molecule has 0 radical (unpaired) electrons. The smallest absolute Gasteiger partial charge is 0.312 e. The molecule has 0 aliphatic heterocycles. The van der Waals surface area contributed by atoms with E-state index in [0.29, 0.717) is 5.92 Å². The molecule has 0 rings (SSSR count). The molecule has 0 saturated carbocycles. The van der Waals surface area contributed by atoms with E-state index in [2.05, 4.69) is 27.7 Å². The molecule has 0 aromatic carbocycles. The van der Waals surface area contributed by atoms with E-state index in [1.54, 1.807) is 0 Å². The summed E-state index contributed by atoms with van der Waals surface area (Å²) >= 11 is 0. The second-order valence-corrected chi connectivity index (χ2v) is 4.47. The first-order valence-corrected chi connectivity index (χ1v) is 5.61. The van der Waals surface area contributed by atoms with Gasteiger partial charge in [0.25, 0.3) is 0 Å². The number of esters is 1. The SMILES string of the molecule is CCC(CC)(C(=O)OC(C)C)C(C)C.[AlH3]. The minimum Gasteiger partial charge on any atom is -0.463 e. The van der Waals surface area contributed by atoms with Crippen molar-refractivity contribution in [2.45, 2.75) is 60.5 Å². The van der Waals surface area contributed by atoms with E-state index in [9.17, 15) is 4.79 Å². The fourth-order valence-electron chi connectivity index (χ4n) is 1.92. The summed E-state index contributed by atoms with van der Waals surface area (Å²) in [5.41, 5.74) is -0.287. The van der Waals surface area contributed by atoms with Crippen LogP contribution in [0.15, 0.2) is 0 Å². The van der Waals surface area contributed by atoms with Gasteiger partial charge in [0.05, 0.1) is 11.5 Å². The lowest BCUT2D eigenvalue weighted by molar-refractivity contribution is -0.163. The zero-order chi connectivity index (χ0) is 11.4. The quantitative estimate of drug-likeness (QED) is 0.534. The van der Waals surface area contributed by atoms with E-state index < -0.39 is 0 Å². The molecule has 0 heterocycles. The summed E-state index contributed by atoms with van der Waals surface area (Å²) in [4.78, 5) is 12.0. The van der Waals surface area contributed by atoms with Crippen LogP contribution in [-0.2, 0) is 9.53 Å². The van der Waals surface area contributed by atoms with Gasteiger partial charge in [0.15, 0.2) is 17.4 Å². The molecule has 0 aliphatic rings. The van der Waals surface area contributed by atoms with Gasteiger partial charge in [0, 0.05) is 0 Å². The first kappa shape index (κ1) is 17.4. The standard InChI is InChI=1S/C12H24O2.Al.3H/c1-7-12(8-2,9(3)4)11(13)14-10(5)6;;;;/h9-10H,7-8H2,1-6H3;;;;. The molecule has 0 aromatic heterocycles. The van der Waals surface area contributed by atoms with Crippen molar-refractivity contribution in [3.8, 4) is 0 Å². The highest BCUT2D eigenvalue weighted by Crippen LogP contribution is 2.36. The molecule has 3 heteroatoms. The number of rotatable bonds is 5. The van der Waals surface area contributed by atoms with Crippen molar-refractivity contribution in [2.75, 3.05) is 0 Å². The van der Waals surface area contributed by atoms with Crippen molar-refractivity contribution in [1.29, 1.82) is 0 Å². The summed E-state index contributed by atoms with van der Waals surface area (Å²) in [6.07, 6.45) is 1.69. The second kappa shape index (κ2) is 7.30. The van der Waals surface area contributed by atoms with Gasteiger partial charge in [-0.05, 0) is 32.6 Å². The van der Waals surface area contributed by atoms with Gasteiger partial charge < -0.3 is 4.74 Å². The van der Waals surface area contributed by atoms with E-state index in [1.165, 1.54) is 0 Å². The van der Waals surface area contributed by atoms with Crippen LogP contribution in [0.3, 0.4) is 0 Å². The van der Waals surface area contributed by atoms with Gasteiger partial charge >= 0.3 is 5.97 Å². The largest absolute Gasteiger partial charge is 0.463 e. The van der Waals surface area contributed by atoms with Crippen LogP contribution in [0.5, 0.6) is 0 Å². The van der Waals surface area contributed by atoms with Crippen molar-refractivity contribution in [1.82, 2.24) is 0 Å². The van der Waals surface area contributed by atoms with Gasteiger partial charge in [0.1, 0.15) is 0 Å². The Bertz CT molecular complexity index is 184. The molecule has 0 amide bonds. The summed E-state index contributed by atoms with van der Waals surface area (Å²) in [6, 6.07) is 0. The van der Waals surface area contributed by atoms with Crippen molar-refractivity contribution in [3.63, 3.8) is 0 Å². The maximum Gasteiger partial charge on any atom is 0.312 e. The number of hydrogen-bond donors (Lipinski definition) is 0. The van der Waals surface area contributed by atoms with E-state index in [1.807, 2.05) is 13.8 Å². The van der Waals surface area contributed by atoms with Gasteiger partial charge in [-0.3, -0.25) is 4.79 Å². The highest BCUT2D eigenvalue weighted by atomic mass is 27.0. The molecule has 0 unspecified atom stereocenters. The van der Waals surface area contributed by atoms with Gasteiger partial charge in [-0.1, -0.05) is 27.7 Å². The van der Waals surface area contributed by atoms with Crippen LogP contribution in [0.2, 0.25) is 0 Å². The molecule has 15 heavy (non-hydrogen) atoms. The maximum absolute atomic E-state index is 12.0. The highest BCUT2D eigenvalue weighted by molar-refractivity contribution is 5.77. The van der Waals surface area contributed by atoms with Crippen LogP contribution in [0.4, 0.5) is 0 Å². The van der Waals surface area contributed by atoms with E-state index in [-0.39, 0.29) is 34.8 Å². The van der Waals surface area contributed by atoms with Crippen molar-refractivity contribution in [2.24, 2.45) is 11.3 Å². The molecule has 0 saturated heterocycles. The minimum absolute atomic E-state index is 0. The lowest BCUT2D eigenvalue weighted by atomic mass is 9.73. The maximum atomic E-state index is 12.0. The summed E-state index contributed by atoms with van der Waals surface area (Å²) in [5, 5.41) is 0. The number of ether oxygens (including phenoxy) is 1. The molecule has 0 spiro atoms. The average Bonchev–Trinajstić information content (AvgIpc) is 2.05. The Balaban J connectivity index is 0. The molecular weight excluding hydrogens is 203 g/mol. The van der Waals surface area contributed by atoms with Gasteiger partial charge in [0.2, 0.25) is 0 Å². The molecule has 0 bridgehead atoms. The minimum atomic E-state index is -0.287. The van der Waals surface area contributed by atoms with E-state index in [0.717, 1.165) is 12.8 Å².